The van der Waals surface area contributed by atoms with Crippen LogP contribution < -0.4 is 10.7 Å². The molecule has 0 spiro atoms. The predicted octanol–water partition coefficient (Wildman–Crippen LogP) is 4.42. The third-order valence-electron chi connectivity index (χ3n) is 3.54. The van der Waals surface area contributed by atoms with E-state index >= 15 is 0 Å². The molecule has 0 radical (unpaired) electrons. The molecule has 0 heterocycles. The standard InChI is InChI=1S/C19H17ClF3N3O2/c1-12(25-26-18(28)10-13-5-7-15(20)8-6-13)9-17(27)24-16-4-2-3-14(11-16)19(21,22)23/h2-8,11H,9-10H2,1H3,(H,24,27)(H,26,28)/b25-12+. The molecule has 0 saturated carbocycles. The first-order chi connectivity index (χ1) is 13.1. The van der Waals surface area contributed by atoms with Crippen molar-refractivity contribution in [3.63, 3.8) is 0 Å². The van der Waals surface area contributed by atoms with E-state index in [-0.39, 0.29) is 24.4 Å². The smallest absolute Gasteiger partial charge is 0.326 e. The number of amides is 2. The molecule has 2 amide bonds. The summed E-state index contributed by atoms with van der Waals surface area (Å²) >= 11 is 5.77. The molecular formula is C19H17ClF3N3O2. The van der Waals surface area contributed by atoms with Crippen LogP contribution in [-0.2, 0) is 22.2 Å². The lowest BCUT2D eigenvalue weighted by Gasteiger charge is -2.10. The second kappa shape index (κ2) is 9.36. The largest absolute Gasteiger partial charge is 0.416 e. The number of hydrazone groups is 1. The van der Waals surface area contributed by atoms with Crippen LogP contribution in [0, 0.1) is 0 Å². The lowest BCUT2D eigenvalue weighted by atomic mass is 10.1. The van der Waals surface area contributed by atoms with E-state index in [1.54, 1.807) is 24.3 Å². The Labute approximate surface area is 164 Å². The average molecular weight is 412 g/mol. The number of nitrogens with one attached hydrogen (secondary N) is 2. The van der Waals surface area contributed by atoms with Gasteiger partial charge in [0.1, 0.15) is 0 Å². The van der Waals surface area contributed by atoms with Gasteiger partial charge in [0, 0.05) is 16.4 Å². The molecule has 148 valence electrons. The van der Waals surface area contributed by atoms with E-state index in [9.17, 15) is 22.8 Å². The molecule has 2 aromatic rings. The summed E-state index contributed by atoms with van der Waals surface area (Å²) in [5, 5.41) is 6.76. The maximum Gasteiger partial charge on any atom is 0.416 e. The summed E-state index contributed by atoms with van der Waals surface area (Å²) < 4.78 is 38.1. The minimum absolute atomic E-state index is 0.0272. The fourth-order valence-corrected chi connectivity index (χ4v) is 2.36. The minimum Gasteiger partial charge on any atom is -0.326 e. The van der Waals surface area contributed by atoms with Crippen LogP contribution in [0.5, 0.6) is 0 Å². The van der Waals surface area contributed by atoms with Gasteiger partial charge < -0.3 is 5.32 Å². The van der Waals surface area contributed by atoms with Crippen LogP contribution >= 0.6 is 11.6 Å². The normalized spacial score (nSPS) is 11.8. The Bertz CT molecular complexity index is 881. The Balaban J connectivity index is 1.86. The monoisotopic (exact) mass is 411 g/mol. The van der Waals surface area contributed by atoms with Gasteiger partial charge in [-0.1, -0.05) is 29.8 Å². The molecule has 0 saturated heterocycles. The van der Waals surface area contributed by atoms with Gasteiger partial charge in [-0.15, -0.1) is 0 Å². The molecule has 2 aromatic carbocycles. The summed E-state index contributed by atoms with van der Waals surface area (Å²) in [7, 11) is 0. The summed E-state index contributed by atoms with van der Waals surface area (Å²) in [6, 6.07) is 11.1. The lowest BCUT2D eigenvalue weighted by molar-refractivity contribution is -0.137. The molecule has 0 aliphatic rings. The highest BCUT2D eigenvalue weighted by molar-refractivity contribution is 6.30. The van der Waals surface area contributed by atoms with E-state index in [4.69, 9.17) is 11.6 Å². The highest BCUT2D eigenvalue weighted by Crippen LogP contribution is 2.30. The summed E-state index contributed by atoms with van der Waals surface area (Å²) in [5.41, 5.74) is 2.55. The molecule has 0 fully saturated rings. The van der Waals surface area contributed by atoms with Crippen molar-refractivity contribution in [3.05, 3.63) is 64.7 Å². The van der Waals surface area contributed by atoms with Gasteiger partial charge in [0.2, 0.25) is 11.8 Å². The van der Waals surface area contributed by atoms with E-state index in [0.29, 0.717) is 10.7 Å². The molecule has 5 nitrogen and oxygen atoms in total. The maximum atomic E-state index is 12.7. The second-order valence-electron chi connectivity index (χ2n) is 5.99. The fourth-order valence-electron chi connectivity index (χ4n) is 2.24. The highest BCUT2D eigenvalue weighted by Gasteiger charge is 2.30. The molecule has 28 heavy (non-hydrogen) atoms. The number of benzene rings is 2. The number of anilines is 1. The first-order valence-corrected chi connectivity index (χ1v) is 8.55. The molecule has 0 bridgehead atoms. The van der Waals surface area contributed by atoms with Crippen LogP contribution in [0.1, 0.15) is 24.5 Å². The van der Waals surface area contributed by atoms with Crippen molar-refractivity contribution < 1.29 is 22.8 Å². The summed E-state index contributed by atoms with van der Waals surface area (Å²) in [6.07, 6.45) is -4.59. The first-order valence-electron chi connectivity index (χ1n) is 8.17. The molecule has 0 unspecified atom stereocenters. The average Bonchev–Trinajstić information content (AvgIpc) is 2.61. The molecule has 9 heteroatoms. The Kier molecular flexibility index (Phi) is 7.17. The van der Waals surface area contributed by atoms with Gasteiger partial charge in [0.25, 0.3) is 0 Å². The number of hydrogen-bond acceptors (Lipinski definition) is 3. The number of rotatable bonds is 6. The summed E-state index contributed by atoms with van der Waals surface area (Å²) in [5.74, 6) is -0.924. The zero-order valence-corrected chi connectivity index (χ0v) is 15.6. The molecule has 0 aliphatic carbocycles. The Morgan fingerprint density at radius 3 is 2.39 bits per heavy atom. The molecule has 2 N–H and O–H groups in total. The predicted molar refractivity (Wildman–Crippen MR) is 101 cm³/mol. The van der Waals surface area contributed by atoms with Crippen LogP contribution in [0.3, 0.4) is 0 Å². The summed E-state index contributed by atoms with van der Waals surface area (Å²) in [4.78, 5) is 23.8. The number of alkyl halides is 3. The molecule has 2 rings (SSSR count). The van der Waals surface area contributed by atoms with Gasteiger partial charge in [0.05, 0.1) is 18.4 Å². The van der Waals surface area contributed by atoms with Crippen molar-refractivity contribution in [2.24, 2.45) is 5.10 Å². The van der Waals surface area contributed by atoms with E-state index in [2.05, 4.69) is 15.8 Å². The van der Waals surface area contributed by atoms with E-state index in [1.165, 1.54) is 19.1 Å². The van der Waals surface area contributed by atoms with Crippen LogP contribution in [0.2, 0.25) is 5.02 Å². The third kappa shape index (κ3) is 7.03. The zero-order chi connectivity index (χ0) is 20.7. The number of nitrogens with zero attached hydrogens (tertiary/aromatic N) is 1. The Morgan fingerprint density at radius 1 is 1.07 bits per heavy atom. The number of carbonyl (C=O) groups excluding carboxylic acids is 2. The fraction of sp³-hybridized carbons (Fsp3) is 0.211. The van der Waals surface area contributed by atoms with Gasteiger partial charge in [-0.2, -0.15) is 18.3 Å². The number of carbonyl (C=O) groups is 2. The second-order valence-corrected chi connectivity index (χ2v) is 6.43. The Morgan fingerprint density at radius 2 is 1.75 bits per heavy atom. The first kappa shape index (κ1) is 21.4. The SMILES string of the molecule is C/C(CC(=O)Nc1cccc(C(F)(F)F)c1)=N\NC(=O)Cc1ccc(Cl)cc1. The van der Waals surface area contributed by atoms with E-state index in [0.717, 1.165) is 17.7 Å². The van der Waals surface area contributed by atoms with Gasteiger partial charge in [-0.25, -0.2) is 5.43 Å². The van der Waals surface area contributed by atoms with Gasteiger partial charge in [0.15, 0.2) is 0 Å². The van der Waals surface area contributed by atoms with E-state index < -0.39 is 17.6 Å². The van der Waals surface area contributed by atoms with Gasteiger partial charge >= 0.3 is 6.18 Å². The van der Waals surface area contributed by atoms with Crippen molar-refractivity contribution in [3.8, 4) is 0 Å². The quantitative estimate of drug-likeness (QED) is 0.545. The lowest BCUT2D eigenvalue weighted by Crippen LogP contribution is -2.23. The van der Waals surface area contributed by atoms with Crippen LogP contribution in [-0.4, -0.2) is 17.5 Å². The van der Waals surface area contributed by atoms with Crippen molar-refractivity contribution in [1.82, 2.24) is 5.43 Å². The third-order valence-corrected chi connectivity index (χ3v) is 3.79. The molecule has 0 atom stereocenters. The topological polar surface area (TPSA) is 70.6 Å². The minimum atomic E-state index is -4.49. The van der Waals surface area contributed by atoms with Crippen LogP contribution in [0.4, 0.5) is 18.9 Å². The van der Waals surface area contributed by atoms with Gasteiger partial charge in [-0.3, -0.25) is 9.59 Å². The summed E-state index contributed by atoms with van der Waals surface area (Å²) in [6.45, 7) is 1.52. The molecule has 0 aliphatic heterocycles. The van der Waals surface area contributed by atoms with Crippen molar-refractivity contribution in [1.29, 1.82) is 0 Å². The van der Waals surface area contributed by atoms with Crippen molar-refractivity contribution in [2.75, 3.05) is 5.32 Å². The van der Waals surface area contributed by atoms with Crippen LogP contribution in [0.25, 0.3) is 0 Å². The van der Waals surface area contributed by atoms with E-state index in [1.807, 2.05) is 0 Å². The van der Waals surface area contributed by atoms with Crippen molar-refractivity contribution >= 4 is 34.8 Å². The Hall–Kier alpha value is -2.87. The highest BCUT2D eigenvalue weighted by atomic mass is 35.5. The molecular weight excluding hydrogens is 395 g/mol. The number of halogens is 4. The van der Waals surface area contributed by atoms with Crippen LogP contribution in [0.15, 0.2) is 53.6 Å². The number of hydrogen-bond donors (Lipinski definition) is 2. The zero-order valence-electron chi connectivity index (χ0n) is 14.8. The van der Waals surface area contributed by atoms with Crippen molar-refractivity contribution in [2.45, 2.75) is 25.9 Å². The van der Waals surface area contributed by atoms with Gasteiger partial charge in [-0.05, 0) is 42.8 Å². The maximum absolute atomic E-state index is 12.7. The molecule has 0 aromatic heterocycles.